The van der Waals surface area contributed by atoms with E-state index < -0.39 is 0 Å². The summed E-state index contributed by atoms with van der Waals surface area (Å²) in [6, 6.07) is 16.2. The van der Waals surface area contributed by atoms with E-state index in [1.54, 1.807) is 19.2 Å². The number of unbranched alkanes of at least 4 members (excludes halogenated alkanes) is 2. The minimum atomic E-state index is -0.247. The first-order chi connectivity index (χ1) is 15.1. The first kappa shape index (κ1) is 22.5. The Labute approximate surface area is 183 Å². The van der Waals surface area contributed by atoms with E-state index in [1.165, 1.54) is 12.1 Å². The maximum absolute atomic E-state index is 13.0. The Morgan fingerprint density at radius 3 is 2.61 bits per heavy atom. The molecule has 0 saturated carbocycles. The molecule has 0 fully saturated rings. The monoisotopic (exact) mass is 423 g/mol. The molecule has 3 rings (SSSR count). The van der Waals surface area contributed by atoms with Gasteiger partial charge in [-0.15, -0.1) is 0 Å². The molecule has 0 bridgehead atoms. The van der Waals surface area contributed by atoms with Crippen molar-refractivity contribution in [1.82, 2.24) is 15.1 Å². The number of aromatic amines is 1. The fourth-order valence-electron chi connectivity index (χ4n) is 3.57. The maximum Gasteiger partial charge on any atom is 0.222 e. The Balaban J connectivity index is 1.34. The average molecular weight is 424 g/mol. The predicted molar refractivity (Wildman–Crippen MR) is 120 cm³/mol. The van der Waals surface area contributed by atoms with Crippen molar-refractivity contribution in [1.29, 1.82) is 0 Å². The topological polar surface area (TPSA) is 58.2 Å². The van der Waals surface area contributed by atoms with E-state index in [-0.39, 0.29) is 11.7 Å². The van der Waals surface area contributed by atoms with Crippen molar-refractivity contribution in [2.45, 2.75) is 38.5 Å². The largest absolute Gasteiger partial charge is 0.496 e. The molecule has 164 valence electrons. The number of H-pyrrole nitrogens is 1. The van der Waals surface area contributed by atoms with Crippen molar-refractivity contribution in [3.05, 3.63) is 71.7 Å². The van der Waals surface area contributed by atoms with Gasteiger partial charge in [0.15, 0.2) is 0 Å². The van der Waals surface area contributed by atoms with Gasteiger partial charge in [-0.2, -0.15) is 5.10 Å². The number of nitrogens with one attached hydrogen (secondary N) is 1. The fourth-order valence-corrected chi connectivity index (χ4v) is 3.57. The number of aryl methyl sites for hydroxylation is 2. The van der Waals surface area contributed by atoms with Gasteiger partial charge < -0.3 is 9.64 Å². The highest BCUT2D eigenvalue weighted by Gasteiger charge is 2.11. The molecule has 3 aromatic rings. The molecular formula is C25H30FN3O2. The number of nitrogens with zero attached hydrogens (tertiary/aromatic N) is 2. The van der Waals surface area contributed by atoms with Crippen LogP contribution in [-0.4, -0.2) is 41.7 Å². The third kappa shape index (κ3) is 6.67. The van der Waals surface area contributed by atoms with Gasteiger partial charge in [0.05, 0.1) is 12.8 Å². The van der Waals surface area contributed by atoms with Gasteiger partial charge in [0.2, 0.25) is 5.91 Å². The highest BCUT2D eigenvalue weighted by Crippen LogP contribution is 2.20. The quantitative estimate of drug-likeness (QED) is 0.440. The number of para-hydroxylation sites is 1. The summed E-state index contributed by atoms with van der Waals surface area (Å²) in [6.07, 6.45) is 5.10. The van der Waals surface area contributed by atoms with E-state index in [1.807, 2.05) is 42.3 Å². The van der Waals surface area contributed by atoms with Crippen LogP contribution in [0.2, 0.25) is 0 Å². The van der Waals surface area contributed by atoms with E-state index >= 15 is 0 Å². The minimum absolute atomic E-state index is 0.156. The number of carbonyl (C=O) groups excluding carboxylic acids is 1. The number of rotatable bonds is 11. The van der Waals surface area contributed by atoms with Crippen LogP contribution in [0.1, 0.15) is 36.9 Å². The summed E-state index contributed by atoms with van der Waals surface area (Å²) in [4.78, 5) is 14.2. The van der Waals surface area contributed by atoms with Crippen LogP contribution < -0.4 is 4.74 Å². The molecule has 0 radical (unpaired) electrons. The molecule has 0 aliphatic heterocycles. The lowest BCUT2D eigenvalue weighted by Crippen LogP contribution is -2.27. The van der Waals surface area contributed by atoms with Gasteiger partial charge in [0.1, 0.15) is 11.6 Å². The number of hydrogen-bond donors (Lipinski definition) is 1. The van der Waals surface area contributed by atoms with Crippen LogP contribution >= 0.6 is 0 Å². The van der Waals surface area contributed by atoms with Gasteiger partial charge in [-0.3, -0.25) is 9.89 Å². The van der Waals surface area contributed by atoms with Gasteiger partial charge in [0, 0.05) is 31.3 Å². The lowest BCUT2D eigenvalue weighted by Gasteiger charge is -2.17. The average Bonchev–Trinajstić information content (AvgIpc) is 3.26. The first-order valence-corrected chi connectivity index (χ1v) is 10.7. The van der Waals surface area contributed by atoms with Crippen LogP contribution in [0.25, 0.3) is 11.3 Å². The molecule has 6 heteroatoms. The van der Waals surface area contributed by atoms with Gasteiger partial charge in [0.25, 0.3) is 0 Å². The second-order valence-corrected chi connectivity index (χ2v) is 7.72. The van der Waals surface area contributed by atoms with E-state index in [0.29, 0.717) is 12.8 Å². The van der Waals surface area contributed by atoms with Crippen molar-refractivity contribution in [2.24, 2.45) is 0 Å². The molecule has 0 unspecified atom stereocenters. The molecule has 0 spiro atoms. The van der Waals surface area contributed by atoms with Gasteiger partial charge in [-0.1, -0.05) is 24.6 Å². The van der Waals surface area contributed by atoms with Crippen LogP contribution in [0.3, 0.4) is 0 Å². The summed E-state index contributed by atoms with van der Waals surface area (Å²) in [7, 11) is 3.52. The Bertz CT molecular complexity index is 969. The van der Waals surface area contributed by atoms with Crippen molar-refractivity contribution in [3.63, 3.8) is 0 Å². The number of amides is 1. The van der Waals surface area contributed by atoms with E-state index in [0.717, 1.165) is 60.5 Å². The lowest BCUT2D eigenvalue weighted by atomic mass is 10.1. The molecule has 1 amide bonds. The number of ether oxygens (including phenoxy) is 1. The van der Waals surface area contributed by atoms with Crippen LogP contribution in [-0.2, 0) is 17.6 Å². The second-order valence-electron chi connectivity index (χ2n) is 7.72. The summed E-state index contributed by atoms with van der Waals surface area (Å²) in [5.41, 5.74) is 3.86. The molecule has 1 N–H and O–H groups in total. The lowest BCUT2D eigenvalue weighted by molar-refractivity contribution is -0.129. The summed E-state index contributed by atoms with van der Waals surface area (Å²) in [5.74, 6) is 0.741. The number of carbonyl (C=O) groups is 1. The van der Waals surface area contributed by atoms with E-state index in [2.05, 4.69) is 10.2 Å². The molecule has 31 heavy (non-hydrogen) atoms. The molecule has 2 aromatic carbocycles. The van der Waals surface area contributed by atoms with Crippen molar-refractivity contribution >= 4 is 5.91 Å². The third-order valence-electron chi connectivity index (χ3n) is 5.44. The molecule has 0 aliphatic rings. The Hall–Kier alpha value is -3.15. The maximum atomic E-state index is 13.0. The van der Waals surface area contributed by atoms with Crippen molar-refractivity contribution in [2.75, 3.05) is 20.7 Å². The zero-order valence-electron chi connectivity index (χ0n) is 18.2. The van der Waals surface area contributed by atoms with Crippen LogP contribution in [0, 0.1) is 5.82 Å². The van der Waals surface area contributed by atoms with E-state index in [4.69, 9.17) is 4.74 Å². The van der Waals surface area contributed by atoms with Crippen LogP contribution in [0.15, 0.2) is 54.6 Å². The standard InChI is InChI=1S/C25H30FN3O2/c1-29(25(30)16-13-20-8-5-6-10-24(20)31-2)17-7-3-4-9-22-18-23(28-27-22)19-11-14-21(26)15-12-19/h5-6,8,10-12,14-15,18H,3-4,7,9,13,16-17H2,1-2H3,(H,27,28). The predicted octanol–water partition coefficient (Wildman–Crippen LogP) is 5.03. The molecule has 1 heterocycles. The molecule has 0 aliphatic carbocycles. The zero-order valence-corrected chi connectivity index (χ0v) is 18.2. The van der Waals surface area contributed by atoms with Gasteiger partial charge in [-0.25, -0.2) is 4.39 Å². The summed E-state index contributed by atoms with van der Waals surface area (Å²) in [6.45, 7) is 0.758. The third-order valence-corrected chi connectivity index (χ3v) is 5.44. The zero-order chi connectivity index (χ0) is 22.1. The second kappa shape index (κ2) is 11.3. The molecule has 0 atom stereocenters. The van der Waals surface area contributed by atoms with Gasteiger partial charge in [-0.05, 0) is 67.6 Å². The SMILES string of the molecule is COc1ccccc1CCC(=O)N(C)CCCCCc1cc(-c2ccc(F)cc2)n[nH]1. The Kier molecular flexibility index (Phi) is 8.21. The first-order valence-electron chi connectivity index (χ1n) is 10.7. The number of halogens is 1. The Morgan fingerprint density at radius 2 is 1.84 bits per heavy atom. The smallest absolute Gasteiger partial charge is 0.222 e. The molecule has 5 nitrogen and oxygen atoms in total. The van der Waals surface area contributed by atoms with Crippen LogP contribution in [0.4, 0.5) is 4.39 Å². The number of benzene rings is 2. The summed E-state index contributed by atoms with van der Waals surface area (Å²) >= 11 is 0. The normalized spacial score (nSPS) is 10.8. The number of methoxy groups -OCH3 is 1. The molecule has 1 aromatic heterocycles. The highest BCUT2D eigenvalue weighted by atomic mass is 19.1. The van der Waals surface area contributed by atoms with Gasteiger partial charge >= 0.3 is 0 Å². The van der Waals surface area contributed by atoms with Crippen molar-refractivity contribution < 1.29 is 13.9 Å². The van der Waals surface area contributed by atoms with Crippen molar-refractivity contribution in [3.8, 4) is 17.0 Å². The molecular weight excluding hydrogens is 393 g/mol. The highest BCUT2D eigenvalue weighted by molar-refractivity contribution is 5.76. The Morgan fingerprint density at radius 1 is 1.06 bits per heavy atom. The minimum Gasteiger partial charge on any atom is -0.496 e. The fraction of sp³-hybridized carbons (Fsp3) is 0.360. The summed E-state index contributed by atoms with van der Waals surface area (Å²) in [5, 5.41) is 7.37. The summed E-state index contributed by atoms with van der Waals surface area (Å²) < 4.78 is 18.4. The molecule has 0 saturated heterocycles. The number of aromatic nitrogens is 2. The number of hydrogen-bond acceptors (Lipinski definition) is 3. The van der Waals surface area contributed by atoms with E-state index in [9.17, 15) is 9.18 Å². The van der Waals surface area contributed by atoms with Crippen LogP contribution in [0.5, 0.6) is 5.75 Å².